The van der Waals surface area contributed by atoms with Crippen molar-refractivity contribution in [1.29, 1.82) is 0 Å². The van der Waals surface area contributed by atoms with E-state index in [9.17, 15) is 9.59 Å². The lowest BCUT2D eigenvalue weighted by Crippen LogP contribution is -2.34. The number of aromatic nitrogens is 2. The molecule has 1 heterocycles. The maximum Gasteiger partial charge on any atom is 0.319 e. The van der Waals surface area contributed by atoms with Crippen molar-refractivity contribution in [2.45, 2.75) is 19.9 Å². The van der Waals surface area contributed by atoms with Crippen molar-refractivity contribution >= 4 is 11.7 Å². The zero-order chi connectivity index (χ0) is 22.2. The van der Waals surface area contributed by atoms with E-state index in [0.29, 0.717) is 22.8 Å². The molecule has 0 saturated heterocycles. The Labute approximate surface area is 180 Å². The van der Waals surface area contributed by atoms with Crippen LogP contribution in [-0.4, -0.2) is 36.6 Å². The number of para-hydroxylation sites is 1. The van der Waals surface area contributed by atoms with Gasteiger partial charge in [0.1, 0.15) is 11.5 Å². The fraction of sp³-hybridized carbons (Fsp3) is 0.261. The molecule has 0 saturated carbocycles. The Balaban J connectivity index is 1.69. The van der Waals surface area contributed by atoms with Gasteiger partial charge in [-0.25, -0.2) is 9.48 Å². The van der Waals surface area contributed by atoms with Crippen molar-refractivity contribution < 1.29 is 14.3 Å². The van der Waals surface area contributed by atoms with E-state index in [2.05, 4.69) is 15.7 Å². The molecule has 3 aromatic rings. The number of carbonyl (C=O) groups is 1. The number of nitrogens with one attached hydrogen (secondary N) is 2. The summed E-state index contributed by atoms with van der Waals surface area (Å²) in [6.07, 6.45) is 0.816. The largest absolute Gasteiger partial charge is 0.497 e. The number of anilines is 1. The Bertz CT molecular complexity index is 1110. The molecule has 2 aromatic carbocycles. The van der Waals surface area contributed by atoms with E-state index >= 15 is 0 Å². The number of methoxy groups -OCH3 is 2. The first-order valence-corrected chi connectivity index (χ1v) is 9.99. The Morgan fingerprint density at radius 1 is 1.06 bits per heavy atom. The van der Waals surface area contributed by atoms with E-state index in [-0.39, 0.29) is 24.7 Å². The number of amides is 2. The van der Waals surface area contributed by atoms with Gasteiger partial charge >= 0.3 is 6.03 Å². The number of ether oxygens (including phenoxy) is 2. The number of aryl methyl sites for hydroxylation is 1. The molecular formula is C23H26N4O4. The predicted octanol–water partition coefficient (Wildman–Crippen LogP) is 3.31. The van der Waals surface area contributed by atoms with Crippen LogP contribution in [0.15, 0.2) is 59.4 Å². The lowest BCUT2D eigenvalue weighted by molar-refractivity contribution is 0.251. The number of hydrogen-bond donors (Lipinski definition) is 2. The minimum Gasteiger partial charge on any atom is -0.497 e. The highest BCUT2D eigenvalue weighted by atomic mass is 16.5. The van der Waals surface area contributed by atoms with Crippen LogP contribution in [0.5, 0.6) is 11.5 Å². The molecule has 0 fully saturated rings. The molecule has 0 aliphatic carbocycles. The van der Waals surface area contributed by atoms with Gasteiger partial charge in [0.25, 0.3) is 5.56 Å². The monoisotopic (exact) mass is 422 g/mol. The van der Waals surface area contributed by atoms with Crippen LogP contribution in [0.25, 0.3) is 11.3 Å². The molecule has 0 bridgehead atoms. The summed E-state index contributed by atoms with van der Waals surface area (Å²) in [6.45, 7) is 2.49. The molecule has 8 heteroatoms. The summed E-state index contributed by atoms with van der Waals surface area (Å²) < 4.78 is 12.0. The Morgan fingerprint density at radius 2 is 1.87 bits per heavy atom. The van der Waals surface area contributed by atoms with E-state index in [1.807, 2.05) is 31.2 Å². The topological polar surface area (TPSA) is 94.5 Å². The van der Waals surface area contributed by atoms with Crippen LogP contribution >= 0.6 is 0 Å². The van der Waals surface area contributed by atoms with Gasteiger partial charge in [0, 0.05) is 23.9 Å². The van der Waals surface area contributed by atoms with Crippen LogP contribution in [0.4, 0.5) is 10.5 Å². The lowest BCUT2D eigenvalue weighted by atomic mass is 10.1. The first kappa shape index (κ1) is 21.9. The Kier molecular flexibility index (Phi) is 7.26. The van der Waals surface area contributed by atoms with Gasteiger partial charge in [-0.3, -0.25) is 4.79 Å². The first-order valence-electron chi connectivity index (χ1n) is 9.99. The molecule has 2 N–H and O–H groups in total. The summed E-state index contributed by atoms with van der Waals surface area (Å²) in [5.41, 5.74) is 2.83. The number of carbonyl (C=O) groups excluding carboxylic acids is 1. The Hall–Kier alpha value is -3.81. The van der Waals surface area contributed by atoms with Gasteiger partial charge in [-0.2, -0.15) is 5.10 Å². The molecule has 0 aliphatic rings. The maximum atomic E-state index is 12.2. The standard InChI is InChI=1S/C23H26N4O4/c1-4-16-7-5-6-8-19(16)25-23(29)24-13-14-27-22(28)12-10-20(26-27)18-15-17(30-2)9-11-21(18)31-3/h5-12,15H,4,13-14H2,1-3H3,(H2,24,25,29). The minimum atomic E-state index is -0.334. The summed E-state index contributed by atoms with van der Waals surface area (Å²) in [5, 5.41) is 10.0. The third-order valence-electron chi connectivity index (χ3n) is 4.80. The quantitative estimate of drug-likeness (QED) is 0.581. The number of hydrogen-bond acceptors (Lipinski definition) is 5. The lowest BCUT2D eigenvalue weighted by Gasteiger charge is -2.13. The smallest absolute Gasteiger partial charge is 0.319 e. The van der Waals surface area contributed by atoms with Crippen molar-refractivity contribution in [2.24, 2.45) is 0 Å². The summed E-state index contributed by atoms with van der Waals surface area (Å²) in [6, 6.07) is 15.7. The molecule has 0 aliphatic heterocycles. The average Bonchev–Trinajstić information content (AvgIpc) is 2.80. The number of urea groups is 1. The van der Waals surface area contributed by atoms with Gasteiger partial charge in [-0.15, -0.1) is 0 Å². The first-order chi connectivity index (χ1) is 15.0. The molecule has 0 radical (unpaired) electrons. The number of nitrogens with zero attached hydrogens (tertiary/aromatic N) is 2. The number of rotatable bonds is 8. The molecule has 0 atom stereocenters. The van der Waals surface area contributed by atoms with Crippen LogP contribution in [-0.2, 0) is 13.0 Å². The maximum absolute atomic E-state index is 12.2. The molecule has 3 rings (SSSR count). The van der Waals surface area contributed by atoms with E-state index in [1.54, 1.807) is 38.5 Å². The molecule has 162 valence electrons. The predicted molar refractivity (Wildman–Crippen MR) is 120 cm³/mol. The second-order valence-electron chi connectivity index (χ2n) is 6.74. The zero-order valence-corrected chi connectivity index (χ0v) is 17.8. The fourth-order valence-corrected chi connectivity index (χ4v) is 3.16. The molecule has 0 unspecified atom stereocenters. The average molecular weight is 422 g/mol. The van der Waals surface area contributed by atoms with Gasteiger partial charge in [0.15, 0.2) is 0 Å². The summed E-state index contributed by atoms with van der Waals surface area (Å²) >= 11 is 0. The number of benzene rings is 2. The van der Waals surface area contributed by atoms with Crippen LogP contribution in [0.1, 0.15) is 12.5 Å². The minimum absolute atomic E-state index is 0.224. The second kappa shape index (κ2) is 10.3. The third kappa shape index (κ3) is 5.42. The van der Waals surface area contributed by atoms with Crippen molar-refractivity contribution in [3.63, 3.8) is 0 Å². The highest BCUT2D eigenvalue weighted by Gasteiger charge is 2.11. The van der Waals surface area contributed by atoms with Crippen LogP contribution in [0.3, 0.4) is 0 Å². The highest BCUT2D eigenvalue weighted by molar-refractivity contribution is 5.90. The SMILES string of the molecule is CCc1ccccc1NC(=O)NCCn1nc(-c2cc(OC)ccc2OC)ccc1=O. The van der Waals surface area contributed by atoms with Crippen molar-refractivity contribution in [1.82, 2.24) is 15.1 Å². The zero-order valence-electron chi connectivity index (χ0n) is 17.8. The van der Waals surface area contributed by atoms with Gasteiger partial charge in [-0.05, 0) is 42.3 Å². The van der Waals surface area contributed by atoms with E-state index < -0.39 is 0 Å². The van der Waals surface area contributed by atoms with E-state index in [1.165, 1.54) is 10.7 Å². The van der Waals surface area contributed by atoms with Gasteiger partial charge in [0.05, 0.1) is 26.5 Å². The van der Waals surface area contributed by atoms with Crippen molar-refractivity contribution in [3.05, 3.63) is 70.5 Å². The van der Waals surface area contributed by atoms with E-state index in [4.69, 9.17) is 9.47 Å². The van der Waals surface area contributed by atoms with E-state index in [0.717, 1.165) is 17.7 Å². The van der Waals surface area contributed by atoms with Crippen molar-refractivity contribution in [2.75, 3.05) is 26.1 Å². The summed E-state index contributed by atoms with van der Waals surface area (Å²) in [7, 11) is 3.15. The summed E-state index contributed by atoms with van der Waals surface area (Å²) in [4.78, 5) is 24.5. The third-order valence-corrected chi connectivity index (χ3v) is 4.80. The van der Waals surface area contributed by atoms with Crippen LogP contribution in [0, 0.1) is 0 Å². The van der Waals surface area contributed by atoms with Gasteiger partial charge < -0.3 is 20.1 Å². The van der Waals surface area contributed by atoms with Gasteiger partial charge in [0.2, 0.25) is 0 Å². The molecule has 2 amide bonds. The normalized spacial score (nSPS) is 10.4. The molecule has 1 aromatic heterocycles. The fourth-order valence-electron chi connectivity index (χ4n) is 3.16. The molecule has 8 nitrogen and oxygen atoms in total. The van der Waals surface area contributed by atoms with Gasteiger partial charge in [-0.1, -0.05) is 25.1 Å². The highest BCUT2D eigenvalue weighted by Crippen LogP contribution is 2.31. The van der Waals surface area contributed by atoms with Crippen molar-refractivity contribution in [3.8, 4) is 22.8 Å². The molecule has 0 spiro atoms. The van der Waals surface area contributed by atoms with Crippen LogP contribution in [0.2, 0.25) is 0 Å². The summed E-state index contributed by atoms with van der Waals surface area (Å²) in [5.74, 6) is 1.27. The molecular weight excluding hydrogens is 396 g/mol. The Morgan fingerprint density at radius 3 is 2.61 bits per heavy atom. The second-order valence-corrected chi connectivity index (χ2v) is 6.74. The molecule has 31 heavy (non-hydrogen) atoms. The van der Waals surface area contributed by atoms with Crippen LogP contribution < -0.4 is 25.7 Å².